The molecule has 0 aliphatic heterocycles. The Hall–Kier alpha value is -0.890. The van der Waals surface area contributed by atoms with E-state index in [2.05, 4.69) is 6.92 Å². The van der Waals surface area contributed by atoms with Crippen LogP contribution in [0, 0.1) is 5.82 Å². The quantitative estimate of drug-likeness (QED) is 0.658. The Morgan fingerprint density at radius 1 is 1.00 bits per heavy atom. The monoisotopic (exact) mass is 237 g/mol. The summed E-state index contributed by atoms with van der Waals surface area (Å²) in [6.07, 6.45) is 8.69. The molecule has 2 N–H and O–H groups in total. The van der Waals surface area contributed by atoms with E-state index in [-0.39, 0.29) is 11.9 Å². The minimum atomic E-state index is -0.194. The van der Waals surface area contributed by atoms with Gasteiger partial charge in [-0.05, 0) is 24.1 Å². The number of unbranched alkanes of at least 4 members (excludes halogenated alkanes) is 5. The molecule has 0 saturated carbocycles. The van der Waals surface area contributed by atoms with Gasteiger partial charge < -0.3 is 5.73 Å². The maximum atomic E-state index is 12.7. The second-order valence-corrected chi connectivity index (χ2v) is 4.71. The average molecular weight is 237 g/mol. The van der Waals surface area contributed by atoms with E-state index in [1.807, 2.05) is 0 Å². The van der Waals surface area contributed by atoms with Gasteiger partial charge in [-0.15, -0.1) is 0 Å². The number of nitrogens with two attached hydrogens (primary N) is 1. The van der Waals surface area contributed by atoms with Crippen LogP contribution < -0.4 is 5.73 Å². The summed E-state index contributed by atoms with van der Waals surface area (Å²) in [5, 5.41) is 0. The lowest BCUT2D eigenvalue weighted by Gasteiger charge is -2.11. The van der Waals surface area contributed by atoms with Crippen molar-refractivity contribution in [1.82, 2.24) is 0 Å². The SMILES string of the molecule is CCCCCCCCC(N)c1ccc(F)cc1. The Morgan fingerprint density at radius 3 is 2.24 bits per heavy atom. The molecule has 0 bridgehead atoms. The van der Waals surface area contributed by atoms with E-state index < -0.39 is 0 Å². The summed E-state index contributed by atoms with van der Waals surface area (Å²) < 4.78 is 12.7. The smallest absolute Gasteiger partial charge is 0.123 e. The molecular weight excluding hydrogens is 213 g/mol. The fourth-order valence-electron chi connectivity index (χ4n) is 2.02. The highest BCUT2D eigenvalue weighted by Crippen LogP contribution is 2.18. The first-order valence-electron chi connectivity index (χ1n) is 6.75. The molecule has 0 aromatic heterocycles. The van der Waals surface area contributed by atoms with Crippen molar-refractivity contribution in [3.05, 3.63) is 35.6 Å². The average Bonchev–Trinajstić information content (AvgIpc) is 2.34. The summed E-state index contributed by atoms with van der Waals surface area (Å²) in [7, 11) is 0. The predicted octanol–water partition coefficient (Wildman–Crippen LogP) is 4.58. The Labute approximate surface area is 104 Å². The minimum absolute atomic E-state index is 0.0572. The van der Waals surface area contributed by atoms with E-state index in [0.717, 1.165) is 12.0 Å². The summed E-state index contributed by atoms with van der Waals surface area (Å²) in [6.45, 7) is 2.23. The van der Waals surface area contributed by atoms with Gasteiger partial charge in [0.15, 0.2) is 0 Å². The molecule has 1 aromatic rings. The number of benzene rings is 1. The third-order valence-electron chi connectivity index (χ3n) is 3.17. The van der Waals surface area contributed by atoms with Gasteiger partial charge in [0.25, 0.3) is 0 Å². The number of rotatable bonds is 8. The van der Waals surface area contributed by atoms with Gasteiger partial charge in [-0.2, -0.15) is 0 Å². The van der Waals surface area contributed by atoms with Crippen LogP contribution in [0.1, 0.15) is 63.5 Å². The summed E-state index contributed by atoms with van der Waals surface area (Å²) in [4.78, 5) is 0. The zero-order valence-electron chi connectivity index (χ0n) is 10.8. The second kappa shape index (κ2) is 8.24. The van der Waals surface area contributed by atoms with Crippen LogP contribution >= 0.6 is 0 Å². The Morgan fingerprint density at radius 2 is 1.59 bits per heavy atom. The molecule has 1 atom stereocenters. The molecule has 1 rings (SSSR count). The molecule has 96 valence electrons. The zero-order valence-corrected chi connectivity index (χ0v) is 10.8. The van der Waals surface area contributed by atoms with Crippen LogP contribution in [0.25, 0.3) is 0 Å². The van der Waals surface area contributed by atoms with Gasteiger partial charge in [0, 0.05) is 6.04 Å². The van der Waals surface area contributed by atoms with Crippen LogP contribution in [0.3, 0.4) is 0 Å². The standard InChI is InChI=1S/C15H24FN/c1-2-3-4-5-6-7-8-15(17)13-9-11-14(16)12-10-13/h9-12,15H,2-8,17H2,1H3. The number of hydrogen-bond donors (Lipinski definition) is 1. The first kappa shape index (κ1) is 14.2. The lowest BCUT2D eigenvalue weighted by atomic mass is 10.0. The Kier molecular flexibility index (Phi) is 6.87. The van der Waals surface area contributed by atoms with Crippen LogP contribution in [0.5, 0.6) is 0 Å². The summed E-state index contributed by atoms with van der Waals surface area (Å²) in [5.74, 6) is -0.194. The van der Waals surface area contributed by atoms with E-state index in [4.69, 9.17) is 5.73 Å². The maximum absolute atomic E-state index is 12.7. The van der Waals surface area contributed by atoms with Crippen LogP contribution in [0.4, 0.5) is 4.39 Å². The molecule has 0 heterocycles. The van der Waals surface area contributed by atoms with Gasteiger partial charge in [-0.3, -0.25) is 0 Å². The summed E-state index contributed by atoms with van der Waals surface area (Å²) in [5.41, 5.74) is 7.11. The molecule has 0 fully saturated rings. The van der Waals surface area contributed by atoms with Crippen molar-refractivity contribution >= 4 is 0 Å². The van der Waals surface area contributed by atoms with Crippen molar-refractivity contribution in [3.8, 4) is 0 Å². The molecular formula is C15H24FN. The molecule has 0 aliphatic carbocycles. The molecule has 1 nitrogen and oxygen atoms in total. The fourth-order valence-corrected chi connectivity index (χ4v) is 2.02. The highest BCUT2D eigenvalue weighted by atomic mass is 19.1. The van der Waals surface area contributed by atoms with Crippen molar-refractivity contribution in [1.29, 1.82) is 0 Å². The largest absolute Gasteiger partial charge is 0.324 e. The molecule has 0 radical (unpaired) electrons. The second-order valence-electron chi connectivity index (χ2n) is 4.71. The molecule has 0 aliphatic rings. The summed E-state index contributed by atoms with van der Waals surface area (Å²) >= 11 is 0. The lowest BCUT2D eigenvalue weighted by Crippen LogP contribution is -2.09. The van der Waals surface area contributed by atoms with Crippen LogP contribution in [0.2, 0.25) is 0 Å². The van der Waals surface area contributed by atoms with Gasteiger partial charge in [-0.1, -0.05) is 57.6 Å². The summed E-state index contributed by atoms with van der Waals surface area (Å²) in [6, 6.07) is 6.60. The van der Waals surface area contributed by atoms with Gasteiger partial charge in [0.1, 0.15) is 5.82 Å². The normalized spacial score (nSPS) is 12.6. The Bertz CT molecular complexity index is 294. The van der Waals surface area contributed by atoms with Gasteiger partial charge in [0.05, 0.1) is 0 Å². The first-order valence-corrected chi connectivity index (χ1v) is 6.75. The van der Waals surface area contributed by atoms with Gasteiger partial charge in [0.2, 0.25) is 0 Å². The molecule has 2 heteroatoms. The van der Waals surface area contributed by atoms with Crippen molar-refractivity contribution in [3.63, 3.8) is 0 Å². The first-order chi connectivity index (χ1) is 8.24. The number of hydrogen-bond acceptors (Lipinski definition) is 1. The molecule has 0 spiro atoms. The Balaban J connectivity index is 2.16. The van der Waals surface area contributed by atoms with Gasteiger partial charge in [-0.25, -0.2) is 4.39 Å². The van der Waals surface area contributed by atoms with E-state index in [1.54, 1.807) is 12.1 Å². The van der Waals surface area contributed by atoms with Crippen molar-refractivity contribution in [2.24, 2.45) is 5.73 Å². The van der Waals surface area contributed by atoms with E-state index in [9.17, 15) is 4.39 Å². The molecule has 0 saturated heterocycles. The fraction of sp³-hybridized carbons (Fsp3) is 0.600. The zero-order chi connectivity index (χ0) is 12.5. The minimum Gasteiger partial charge on any atom is -0.324 e. The van der Waals surface area contributed by atoms with E-state index >= 15 is 0 Å². The highest BCUT2D eigenvalue weighted by Gasteiger charge is 2.05. The molecule has 1 unspecified atom stereocenters. The van der Waals surface area contributed by atoms with Crippen molar-refractivity contribution < 1.29 is 4.39 Å². The van der Waals surface area contributed by atoms with Crippen LogP contribution in [-0.2, 0) is 0 Å². The topological polar surface area (TPSA) is 26.0 Å². The maximum Gasteiger partial charge on any atom is 0.123 e. The molecule has 0 amide bonds. The third kappa shape index (κ3) is 5.83. The molecule has 17 heavy (non-hydrogen) atoms. The molecule has 1 aromatic carbocycles. The van der Waals surface area contributed by atoms with Crippen LogP contribution in [0.15, 0.2) is 24.3 Å². The third-order valence-corrected chi connectivity index (χ3v) is 3.17. The predicted molar refractivity (Wildman–Crippen MR) is 71.3 cm³/mol. The van der Waals surface area contributed by atoms with Crippen molar-refractivity contribution in [2.75, 3.05) is 0 Å². The van der Waals surface area contributed by atoms with E-state index in [1.165, 1.54) is 50.7 Å². The highest BCUT2D eigenvalue weighted by molar-refractivity contribution is 5.19. The van der Waals surface area contributed by atoms with Crippen molar-refractivity contribution in [2.45, 2.75) is 57.9 Å². The lowest BCUT2D eigenvalue weighted by molar-refractivity contribution is 0.546. The number of halogens is 1. The van der Waals surface area contributed by atoms with Gasteiger partial charge >= 0.3 is 0 Å². The van der Waals surface area contributed by atoms with Crippen LogP contribution in [-0.4, -0.2) is 0 Å². The van der Waals surface area contributed by atoms with E-state index in [0.29, 0.717) is 0 Å².